The molecule has 194 valence electrons. The maximum absolute atomic E-state index is 15.7. The van der Waals surface area contributed by atoms with Gasteiger partial charge in [0.2, 0.25) is 16.0 Å². The molecule has 0 saturated carbocycles. The quantitative estimate of drug-likeness (QED) is 0.358. The molecule has 1 aromatic carbocycles. The van der Waals surface area contributed by atoms with Crippen molar-refractivity contribution < 1.29 is 22.7 Å². The molecule has 1 aliphatic rings. The molecule has 0 aliphatic carbocycles. The lowest BCUT2D eigenvalue weighted by Gasteiger charge is -2.26. The number of nitrogens with zero attached hydrogens (tertiary/aromatic N) is 4. The second-order valence-corrected chi connectivity index (χ2v) is 11.2. The third kappa shape index (κ3) is 6.27. The van der Waals surface area contributed by atoms with Crippen molar-refractivity contribution in [2.45, 2.75) is 26.4 Å². The van der Waals surface area contributed by atoms with E-state index in [-0.39, 0.29) is 23.5 Å². The lowest BCUT2D eigenvalue weighted by atomic mass is 10.1. The topological polar surface area (TPSA) is 130 Å². The van der Waals surface area contributed by atoms with Crippen molar-refractivity contribution in [2.75, 3.05) is 53.5 Å². The first-order chi connectivity index (χ1) is 17.3. The Bertz CT molecular complexity index is 1300. The number of nitrogens with one attached hydrogen (secondary N) is 2. The number of halogens is 1. The van der Waals surface area contributed by atoms with Crippen LogP contribution < -0.4 is 14.9 Å². The summed E-state index contributed by atoms with van der Waals surface area (Å²) in [5.41, 5.74) is 0.918. The summed E-state index contributed by atoms with van der Waals surface area (Å²) in [6, 6.07) is 6.26. The van der Waals surface area contributed by atoms with Crippen molar-refractivity contribution >= 4 is 38.1 Å². The first-order valence-corrected chi connectivity index (χ1v) is 14.1. The largest absolute Gasteiger partial charge is 0.392 e. The van der Waals surface area contributed by atoms with Crippen LogP contribution in [0.3, 0.4) is 0 Å². The van der Waals surface area contributed by atoms with Crippen LogP contribution in [0.15, 0.2) is 30.5 Å². The summed E-state index contributed by atoms with van der Waals surface area (Å²) in [7, 11) is -3.68. The molecule has 3 aromatic rings. The van der Waals surface area contributed by atoms with Gasteiger partial charge in [0.1, 0.15) is 0 Å². The normalized spacial score (nSPS) is 15.1. The van der Waals surface area contributed by atoms with Gasteiger partial charge >= 0.3 is 0 Å². The van der Waals surface area contributed by atoms with Crippen LogP contribution in [0.5, 0.6) is 0 Å². The van der Waals surface area contributed by atoms with E-state index in [1.54, 1.807) is 38.2 Å². The Hall–Kier alpha value is -2.87. The van der Waals surface area contributed by atoms with Gasteiger partial charge < -0.3 is 20.1 Å². The first kappa shape index (κ1) is 26.2. The Balaban J connectivity index is 1.78. The second-order valence-electron chi connectivity index (χ2n) is 8.36. The molecule has 2 aromatic heterocycles. The van der Waals surface area contributed by atoms with E-state index in [4.69, 9.17) is 9.72 Å². The van der Waals surface area contributed by atoms with Crippen molar-refractivity contribution in [1.29, 1.82) is 0 Å². The monoisotopic (exact) mass is 536 g/mol. The summed E-state index contributed by atoms with van der Waals surface area (Å²) in [6.45, 7) is 6.09. The molecular formula is C23H29FN6O4S2. The molecule has 36 heavy (non-hydrogen) atoms. The van der Waals surface area contributed by atoms with Gasteiger partial charge in [0.05, 0.1) is 47.0 Å². The zero-order valence-electron chi connectivity index (χ0n) is 20.1. The maximum Gasteiger partial charge on any atom is 0.232 e. The average molecular weight is 537 g/mol. The molecular weight excluding hydrogens is 507 g/mol. The van der Waals surface area contributed by atoms with E-state index in [2.05, 4.69) is 24.9 Å². The molecule has 3 heterocycles. The summed E-state index contributed by atoms with van der Waals surface area (Å²) in [4.78, 5) is 16.2. The van der Waals surface area contributed by atoms with Gasteiger partial charge in [-0.3, -0.25) is 4.72 Å². The maximum atomic E-state index is 15.7. The number of anilines is 3. The number of hydrogen-bond acceptors (Lipinski definition) is 10. The lowest BCUT2D eigenvalue weighted by molar-refractivity contribution is 0.122. The van der Waals surface area contributed by atoms with Crippen molar-refractivity contribution in [3.8, 4) is 21.8 Å². The molecule has 10 nitrogen and oxygen atoms in total. The summed E-state index contributed by atoms with van der Waals surface area (Å²) in [5.74, 6) is -0.496. The number of aromatic nitrogens is 3. The smallest absolute Gasteiger partial charge is 0.232 e. The lowest BCUT2D eigenvalue weighted by Crippen LogP contribution is -2.36. The molecule has 1 aliphatic heterocycles. The number of hydrogen-bond donors (Lipinski definition) is 3. The molecule has 1 fully saturated rings. The Kier molecular flexibility index (Phi) is 8.34. The van der Waals surface area contributed by atoms with E-state index in [1.165, 1.54) is 17.4 Å². The number of rotatable bonds is 10. The predicted octanol–water partition coefficient (Wildman–Crippen LogP) is 3.19. The first-order valence-electron chi connectivity index (χ1n) is 11.7. The van der Waals surface area contributed by atoms with E-state index in [0.29, 0.717) is 60.1 Å². The van der Waals surface area contributed by atoms with Gasteiger partial charge in [-0.25, -0.2) is 27.8 Å². The van der Waals surface area contributed by atoms with Crippen LogP contribution in [0, 0.1) is 5.82 Å². The fourth-order valence-corrected chi connectivity index (χ4v) is 5.88. The zero-order valence-corrected chi connectivity index (χ0v) is 21.7. The molecule has 1 unspecified atom stereocenters. The van der Waals surface area contributed by atoms with Gasteiger partial charge in [0.15, 0.2) is 10.9 Å². The highest BCUT2D eigenvalue weighted by Crippen LogP contribution is 2.41. The van der Waals surface area contributed by atoms with Crippen LogP contribution in [0.2, 0.25) is 0 Å². The number of sulfonamides is 1. The molecule has 13 heteroatoms. The molecule has 3 N–H and O–H groups in total. The van der Waals surface area contributed by atoms with Crippen LogP contribution in [0.25, 0.3) is 21.8 Å². The number of thiazole rings is 1. The average Bonchev–Trinajstić information content (AvgIpc) is 3.30. The van der Waals surface area contributed by atoms with Gasteiger partial charge in [0, 0.05) is 31.4 Å². The third-order valence-corrected chi connectivity index (χ3v) is 7.95. The molecule has 0 amide bonds. The zero-order chi connectivity index (χ0) is 25.7. The summed E-state index contributed by atoms with van der Waals surface area (Å²) in [5, 5.41) is 13.2. The van der Waals surface area contributed by atoms with Crippen molar-refractivity contribution in [3.63, 3.8) is 0 Å². The SMILES string of the molecule is CCCS(=O)(=O)Nc1cccc(-c2nc(N3CCOCC3)sc2-c2ccnc(NCC(C)O)n2)c1F. The highest BCUT2D eigenvalue weighted by Gasteiger charge is 2.25. The van der Waals surface area contributed by atoms with E-state index >= 15 is 4.39 Å². The predicted molar refractivity (Wildman–Crippen MR) is 139 cm³/mol. The van der Waals surface area contributed by atoms with Gasteiger partial charge in [-0.15, -0.1) is 0 Å². The number of aliphatic hydroxyl groups is 1. The number of ether oxygens (including phenoxy) is 1. The standard InChI is InChI=1S/C23H29FN6O4S2/c1-3-13-36(32,33)29-17-6-4-5-16(19(17)24)20-21(35-23(28-20)30-9-11-34-12-10-30)18-7-8-25-22(27-18)26-14-15(2)31/h4-8,15,29,31H,3,9-14H2,1-2H3,(H,25,26,27). The van der Waals surface area contributed by atoms with Crippen LogP contribution in [0.1, 0.15) is 20.3 Å². The molecule has 4 rings (SSSR count). The summed E-state index contributed by atoms with van der Waals surface area (Å²) in [6.07, 6.45) is 1.41. The van der Waals surface area contributed by atoms with Crippen LogP contribution in [-0.4, -0.2) is 73.2 Å². The van der Waals surface area contributed by atoms with E-state index in [9.17, 15) is 13.5 Å². The molecule has 0 spiro atoms. The molecule has 1 atom stereocenters. The van der Waals surface area contributed by atoms with Crippen molar-refractivity contribution in [3.05, 3.63) is 36.3 Å². The van der Waals surface area contributed by atoms with Gasteiger partial charge in [-0.2, -0.15) is 0 Å². The minimum Gasteiger partial charge on any atom is -0.392 e. The minimum absolute atomic E-state index is 0.108. The Morgan fingerprint density at radius 1 is 1.25 bits per heavy atom. The van der Waals surface area contributed by atoms with E-state index in [1.807, 2.05) is 0 Å². The summed E-state index contributed by atoms with van der Waals surface area (Å²) >= 11 is 1.37. The van der Waals surface area contributed by atoms with Crippen LogP contribution >= 0.6 is 11.3 Å². The summed E-state index contributed by atoms with van der Waals surface area (Å²) < 4.78 is 48.1. The Labute approximate surface area is 213 Å². The van der Waals surface area contributed by atoms with Crippen LogP contribution in [-0.2, 0) is 14.8 Å². The number of benzene rings is 1. The Morgan fingerprint density at radius 3 is 2.75 bits per heavy atom. The van der Waals surface area contributed by atoms with Crippen molar-refractivity contribution in [2.24, 2.45) is 0 Å². The Morgan fingerprint density at radius 2 is 2.03 bits per heavy atom. The van der Waals surface area contributed by atoms with Gasteiger partial charge in [-0.05, 0) is 31.5 Å². The molecule has 0 bridgehead atoms. The van der Waals surface area contributed by atoms with Gasteiger partial charge in [-0.1, -0.05) is 24.3 Å². The number of morpholine rings is 1. The highest BCUT2D eigenvalue weighted by molar-refractivity contribution is 7.92. The fourth-order valence-electron chi connectivity index (χ4n) is 3.65. The van der Waals surface area contributed by atoms with E-state index < -0.39 is 21.9 Å². The fraction of sp³-hybridized carbons (Fsp3) is 0.435. The van der Waals surface area contributed by atoms with Crippen molar-refractivity contribution in [1.82, 2.24) is 15.0 Å². The van der Waals surface area contributed by atoms with Gasteiger partial charge in [0.25, 0.3) is 0 Å². The number of aliphatic hydroxyl groups excluding tert-OH is 1. The molecule has 1 saturated heterocycles. The second kappa shape index (κ2) is 11.5. The third-order valence-electron chi connectivity index (χ3n) is 5.33. The van der Waals surface area contributed by atoms with E-state index in [0.717, 1.165) is 0 Å². The minimum atomic E-state index is -3.68. The van der Waals surface area contributed by atoms with Crippen LogP contribution in [0.4, 0.5) is 21.2 Å². The molecule has 0 radical (unpaired) electrons. The highest BCUT2D eigenvalue weighted by atomic mass is 32.2.